The molecule has 1 aliphatic carbocycles. The molecule has 0 aromatic heterocycles. The van der Waals surface area contributed by atoms with E-state index in [-0.39, 0.29) is 10.8 Å². The zero-order chi connectivity index (χ0) is 18.2. The minimum absolute atomic E-state index is 0.232. The number of hydrogen-bond acceptors (Lipinski definition) is 3. The van der Waals surface area contributed by atoms with Crippen LogP contribution in [-0.4, -0.2) is 18.3 Å². The lowest BCUT2D eigenvalue weighted by Crippen LogP contribution is -2.33. The quantitative estimate of drug-likeness (QED) is 0.741. The van der Waals surface area contributed by atoms with Crippen LogP contribution >= 0.6 is 0 Å². The third-order valence-corrected chi connectivity index (χ3v) is 7.85. The second kappa shape index (κ2) is 6.38. The van der Waals surface area contributed by atoms with Crippen LogP contribution in [-0.2, 0) is 9.84 Å². The molecule has 4 rings (SSSR count). The van der Waals surface area contributed by atoms with Crippen LogP contribution in [0.4, 0.5) is 0 Å². The summed E-state index contributed by atoms with van der Waals surface area (Å²) in [5.74, 6) is -0.232. The first kappa shape index (κ1) is 17.0. The van der Waals surface area contributed by atoms with Crippen LogP contribution in [0.25, 0.3) is 0 Å². The van der Waals surface area contributed by atoms with Crippen molar-refractivity contribution >= 4 is 9.84 Å². The fraction of sp³-hybridized carbons (Fsp3) is 0.182. The Kier molecular flexibility index (Phi) is 4.17. The summed E-state index contributed by atoms with van der Waals surface area (Å²) >= 11 is 0. The number of aliphatic hydroxyl groups excluding tert-OH is 1. The molecule has 0 heterocycles. The lowest BCUT2D eigenvalue weighted by Gasteiger charge is -2.25. The van der Waals surface area contributed by atoms with Gasteiger partial charge in [0.05, 0.1) is 11.0 Å². The van der Waals surface area contributed by atoms with E-state index in [1.807, 2.05) is 48.5 Å². The van der Waals surface area contributed by atoms with E-state index >= 15 is 0 Å². The van der Waals surface area contributed by atoms with E-state index in [0.29, 0.717) is 12.0 Å². The third kappa shape index (κ3) is 2.57. The van der Waals surface area contributed by atoms with Gasteiger partial charge in [-0.3, -0.25) is 0 Å². The van der Waals surface area contributed by atoms with Crippen molar-refractivity contribution in [1.29, 1.82) is 0 Å². The first-order valence-corrected chi connectivity index (χ1v) is 10.1. The Morgan fingerprint density at radius 1 is 0.808 bits per heavy atom. The van der Waals surface area contributed by atoms with E-state index in [1.165, 1.54) is 0 Å². The average Bonchev–Trinajstić information content (AvgIpc) is 3.47. The van der Waals surface area contributed by atoms with Gasteiger partial charge in [-0.15, -0.1) is 0 Å². The molecule has 0 amide bonds. The number of sulfone groups is 1. The summed E-state index contributed by atoms with van der Waals surface area (Å²) in [5, 5.41) is 11.2. The van der Waals surface area contributed by atoms with Crippen molar-refractivity contribution in [3.05, 3.63) is 102 Å². The number of benzene rings is 3. The van der Waals surface area contributed by atoms with Crippen molar-refractivity contribution in [2.24, 2.45) is 0 Å². The van der Waals surface area contributed by atoms with E-state index in [2.05, 4.69) is 0 Å². The van der Waals surface area contributed by atoms with Gasteiger partial charge in [0, 0.05) is 5.92 Å². The molecule has 26 heavy (non-hydrogen) atoms. The highest BCUT2D eigenvalue weighted by Crippen LogP contribution is 2.64. The zero-order valence-electron chi connectivity index (χ0n) is 14.2. The van der Waals surface area contributed by atoms with Crippen LogP contribution in [0.15, 0.2) is 95.9 Å². The Balaban J connectivity index is 1.84. The Morgan fingerprint density at radius 3 is 1.88 bits per heavy atom. The number of rotatable bonds is 5. The molecule has 3 atom stereocenters. The van der Waals surface area contributed by atoms with Gasteiger partial charge in [0.1, 0.15) is 4.75 Å². The van der Waals surface area contributed by atoms with Gasteiger partial charge in [-0.2, -0.15) is 0 Å². The molecule has 1 saturated carbocycles. The van der Waals surface area contributed by atoms with E-state index in [0.717, 1.165) is 5.56 Å². The fourth-order valence-electron chi connectivity index (χ4n) is 3.83. The molecule has 3 aromatic rings. The van der Waals surface area contributed by atoms with Gasteiger partial charge in [0.25, 0.3) is 0 Å². The van der Waals surface area contributed by atoms with Crippen LogP contribution in [0.3, 0.4) is 0 Å². The SMILES string of the molecule is O=S(=O)(c1ccccc1)[C@]1(C(O)c2ccccc2)C[C@@H]1c1ccccc1. The smallest absolute Gasteiger partial charge is 0.187 e. The highest BCUT2D eigenvalue weighted by atomic mass is 32.2. The van der Waals surface area contributed by atoms with Gasteiger partial charge >= 0.3 is 0 Å². The summed E-state index contributed by atoms with van der Waals surface area (Å²) in [6.07, 6.45) is -0.677. The molecule has 4 heteroatoms. The highest BCUT2D eigenvalue weighted by molar-refractivity contribution is 7.93. The lowest BCUT2D eigenvalue weighted by atomic mass is 10.0. The summed E-state index contributed by atoms with van der Waals surface area (Å²) in [6, 6.07) is 27.1. The molecule has 0 aliphatic heterocycles. The zero-order valence-corrected chi connectivity index (χ0v) is 15.0. The molecule has 0 radical (unpaired) electrons. The Bertz CT molecular complexity index is 985. The van der Waals surface area contributed by atoms with Crippen LogP contribution in [0.1, 0.15) is 29.6 Å². The summed E-state index contributed by atoms with van der Waals surface area (Å²) in [4.78, 5) is 0.258. The Hall–Kier alpha value is -2.43. The topological polar surface area (TPSA) is 54.4 Å². The van der Waals surface area contributed by atoms with Crippen LogP contribution in [0, 0.1) is 0 Å². The van der Waals surface area contributed by atoms with Crippen molar-refractivity contribution in [2.45, 2.75) is 28.1 Å². The predicted molar refractivity (Wildman–Crippen MR) is 102 cm³/mol. The Labute approximate surface area is 153 Å². The van der Waals surface area contributed by atoms with Gasteiger partial charge < -0.3 is 5.11 Å². The summed E-state index contributed by atoms with van der Waals surface area (Å²) < 4.78 is 25.9. The largest absolute Gasteiger partial charge is 0.387 e. The highest BCUT2D eigenvalue weighted by Gasteiger charge is 2.68. The first-order valence-electron chi connectivity index (χ1n) is 8.65. The van der Waals surface area contributed by atoms with E-state index < -0.39 is 20.7 Å². The molecule has 1 fully saturated rings. The van der Waals surface area contributed by atoms with Gasteiger partial charge in [-0.1, -0.05) is 78.9 Å². The molecule has 3 aromatic carbocycles. The first-order chi connectivity index (χ1) is 12.6. The summed E-state index contributed by atoms with van der Waals surface area (Å²) in [5.41, 5.74) is 1.58. The number of aliphatic hydroxyl groups is 1. The Morgan fingerprint density at radius 2 is 1.31 bits per heavy atom. The maximum atomic E-state index is 13.6. The number of hydrogen-bond donors (Lipinski definition) is 1. The molecule has 132 valence electrons. The molecular weight excluding hydrogens is 344 g/mol. The van der Waals surface area contributed by atoms with Crippen LogP contribution < -0.4 is 0 Å². The second-order valence-corrected chi connectivity index (χ2v) is 8.99. The fourth-order valence-corrected chi connectivity index (χ4v) is 6.11. The maximum absolute atomic E-state index is 13.6. The minimum Gasteiger partial charge on any atom is -0.387 e. The molecule has 1 unspecified atom stereocenters. The van der Waals surface area contributed by atoms with E-state index in [9.17, 15) is 13.5 Å². The molecule has 0 bridgehead atoms. The minimum atomic E-state index is -3.72. The van der Waals surface area contributed by atoms with Crippen molar-refractivity contribution < 1.29 is 13.5 Å². The predicted octanol–water partition coefficient (Wildman–Crippen LogP) is 4.12. The van der Waals surface area contributed by atoms with Gasteiger partial charge in [-0.05, 0) is 29.7 Å². The monoisotopic (exact) mass is 364 g/mol. The second-order valence-electron chi connectivity index (χ2n) is 6.75. The summed E-state index contributed by atoms with van der Waals surface area (Å²) in [7, 11) is -3.72. The average molecular weight is 364 g/mol. The normalized spacial score (nSPS) is 23.3. The van der Waals surface area contributed by atoms with E-state index in [1.54, 1.807) is 42.5 Å². The van der Waals surface area contributed by atoms with Gasteiger partial charge in [0.15, 0.2) is 9.84 Å². The van der Waals surface area contributed by atoms with Crippen molar-refractivity contribution in [1.82, 2.24) is 0 Å². The molecule has 1 aliphatic rings. The van der Waals surface area contributed by atoms with Gasteiger partial charge in [-0.25, -0.2) is 8.42 Å². The van der Waals surface area contributed by atoms with Gasteiger partial charge in [0.2, 0.25) is 0 Å². The third-order valence-electron chi connectivity index (χ3n) is 5.29. The van der Waals surface area contributed by atoms with Crippen molar-refractivity contribution in [3.8, 4) is 0 Å². The maximum Gasteiger partial charge on any atom is 0.187 e. The standard InChI is InChI=1S/C22H20O3S/c23-21(18-12-6-2-7-13-18)22(16-20(22)17-10-4-1-5-11-17)26(24,25)19-14-8-3-9-15-19/h1-15,20-21,23H,16H2/t20-,21?,22-/m1/s1. The van der Waals surface area contributed by atoms with Crippen molar-refractivity contribution in [3.63, 3.8) is 0 Å². The van der Waals surface area contributed by atoms with Crippen LogP contribution in [0.2, 0.25) is 0 Å². The molecule has 0 saturated heterocycles. The molecule has 1 N–H and O–H groups in total. The van der Waals surface area contributed by atoms with E-state index in [4.69, 9.17) is 0 Å². The van der Waals surface area contributed by atoms with Crippen LogP contribution in [0.5, 0.6) is 0 Å². The van der Waals surface area contributed by atoms with Crippen molar-refractivity contribution in [2.75, 3.05) is 0 Å². The molecule has 0 spiro atoms. The molecular formula is C22H20O3S. The summed E-state index contributed by atoms with van der Waals surface area (Å²) in [6.45, 7) is 0. The lowest BCUT2D eigenvalue weighted by molar-refractivity contribution is 0.160. The molecule has 3 nitrogen and oxygen atoms in total.